The molecule has 0 aromatic heterocycles. The van der Waals surface area contributed by atoms with Crippen LogP contribution in [0.4, 0.5) is 0 Å². The molecule has 2 N–H and O–H groups in total. The fourth-order valence-electron chi connectivity index (χ4n) is 6.99. The molecule has 0 bridgehead atoms. The van der Waals surface area contributed by atoms with E-state index in [1.807, 2.05) is 36.4 Å². The predicted octanol–water partition coefficient (Wildman–Crippen LogP) is 6.30. The molecule has 0 aliphatic carbocycles. The average Bonchev–Trinajstić information content (AvgIpc) is 3.19. The van der Waals surface area contributed by atoms with Crippen LogP contribution in [0.2, 0.25) is 10.0 Å². The van der Waals surface area contributed by atoms with Gasteiger partial charge in [0, 0.05) is 75.5 Å². The number of carboxylic acids is 2. The van der Waals surface area contributed by atoms with E-state index in [0.717, 1.165) is 75.5 Å². The summed E-state index contributed by atoms with van der Waals surface area (Å²) >= 11 is 12.2. The molecule has 2 fully saturated rings. The molecule has 54 heavy (non-hydrogen) atoms. The number of hydrogen-bond donors (Lipinski definition) is 2. The zero-order valence-electron chi connectivity index (χ0n) is 30.5. The quantitative estimate of drug-likeness (QED) is 0.126. The number of piperazine rings is 2. The van der Waals surface area contributed by atoms with Crippen molar-refractivity contribution in [3.8, 4) is 0 Å². The van der Waals surface area contributed by atoms with Crippen LogP contribution >= 0.6 is 23.2 Å². The summed E-state index contributed by atoms with van der Waals surface area (Å²) in [5, 5.41) is 18.7. The van der Waals surface area contributed by atoms with Crippen LogP contribution in [-0.4, -0.2) is 134 Å². The van der Waals surface area contributed by atoms with E-state index in [2.05, 4.69) is 92.4 Å². The summed E-state index contributed by atoms with van der Waals surface area (Å²) in [6.07, 6.45) is 0. The minimum absolute atomic E-state index is 0.203. The van der Waals surface area contributed by atoms with Gasteiger partial charge in [-0.3, -0.25) is 19.6 Å². The summed E-state index contributed by atoms with van der Waals surface area (Å²) in [5.74, 6) is -1.85. The molecule has 2 heterocycles. The Labute approximate surface area is 328 Å². The Hall–Kier alpha value is -3.84. The van der Waals surface area contributed by atoms with Gasteiger partial charge in [0.25, 0.3) is 0 Å². The van der Waals surface area contributed by atoms with Gasteiger partial charge in [-0.25, -0.2) is 9.59 Å². The van der Waals surface area contributed by atoms with Gasteiger partial charge in [0.1, 0.15) is 13.2 Å². The van der Waals surface area contributed by atoms with E-state index < -0.39 is 11.9 Å². The summed E-state index contributed by atoms with van der Waals surface area (Å²) in [5.41, 5.74) is 5.03. The number of carboxylic acid groups (broad SMARTS) is 2. The molecule has 2 aliphatic heterocycles. The highest BCUT2D eigenvalue weighted by Crippen LogP contribution is 2.32. The number of aliphatic carboxylic acids is 2. The van der Waals surface area contributed by atoms with Gasteiger partial charge in [0.15, 0.2) is 0 Å². The molecule has 0 saturated carbocycles. The van der Waals surface area contributed by atoms with E-state index in [1.165, 1.54) is 22.3 Å². The summed E-state index contributed by atoms with van der Waals surface area (Å²) in [7, 11) is 0. The summed E-state index contributed by atoms with van der Waals surface area (Å²) in [6.45, 7) is 9.50. The van der Waals surface area contributed by atoms with Crippen molar-refractivity contribution in [1.29, 1.82) is 0 Å². The molecule has 0 amide bonds. The normalized spacial score (nSPS) is 16.9. The zero-order valence-corrected chi connectivity index (χ0v) is 32.0. The first-order valence-electron chi connectivity index (χ1n) is 18.4. The molecule has 4 aromatic carbocycles. The number of halogens is 2. The Kier molecular flexibility index (Phi) is 16.8. The van der Waals surface area contributed by atoms with Crippen molar-refractivity contribution in [2.75, 3.05) is 91.9 Å². The summed E-state index contributed by atoms with van der Waals surface area (Å²) < 4.78 is 10.3. The number of carbonyl (C=O) groups is 2. The molecular formula is C42H50Cl2N4O6. The standard InChI is InChI=1S/2C21H25ClN2O3/c2*22-19-8-6-18(7-9-19)21(17-4-2-1-3-5-17)24-12-10-23(11-13-24)14-15-27-16-20(25)26/h2*1-9,21H,10-16H2,(H,25,26)/t21-;/m1./s1. The van der Waals surface area contributed by atoms with Crippen molar-refractivity contribution in [3.63, 3.8) is 0 Å². The number of benzene rings is 4. The third-order valence-corrected chi connectivity index (χ3v) is 10.2. The van der Waals surface area contributed by atoms with Crippen LogP contribution in [-0.2, 0) is 19.1 Å². The van der Waals surface area contributed by atoms with E-state index in [4.69, 9.17) is 42.9 Å². The second-order valence-electron chi connectivity index (χ2n) is 13.4. The Balaban J connectivity index is 0.000000208. The van der Waals surface area contributed by atoms with Gasteiger partial charge in [0.05, 0.1) is 25.3 Å². The molecule has 2 aliphatic rings. The highest BCUT2D eigenvalue weighted by molar-refractivity contribution is 6.30. The second kappa shape index (κ2) is 21.9. The maximum atomic E-state index is 10.5. The lowest BCUT2D eigenvalue weighted by Gasteiger charge is -2.39. The van der Waals surface area contributed by atoms with Gasteiger partial charge < -0.3 is 19.7 Å². The van der Waals surface area contributed by atoms with Gasteiger partial charge in [-0.15, -0.1) is 0 Å². The van der Waals surface area contributed by atoms with Gasteiger partial charge >= 0.3 is 11.9 Å². The van der Waals surface area contributed by atoms with Crippen LogP contribution in [0.1, 0.15) is 34.3 Å². The van der Waals surface area contributed by atoms with Crippen LogP contribution in [0.5, 0.6) is 0 Å². The summed E-state index contributed by atoms with van der Waals surface area (Å²) in [6, 6.07) is 37.7. The molecule has 12 heteroatoms. The highest BCUT2D eigenvalue weighted by Gasteiger charge is 2.27. The van der Waals surface area contributed by atoms with Crippen LogP contribution < -0.4 is 0 Å². The lowest BCUT2D eigenvalue weighted by Crippen LogP contribution is -2.48. The number of nitrogens with zero attached hydrogens (tertiary/aromatic N) is 4. The molecule has 6 rings (SSSR count). The van der Waals surface area contributed by atoms with E-state index in [9.17, 15) is 9.59 Å². The topological polar surface area (TPSA) is 106 Å². The van der Waals surface area contributed by atoms with Crippen molar-refractivity contribution >= 4 is 35.1 Å². The summed E-state index contributed by atoms with van der Waals surface area (Å²) in [4.78, 5) is 30.6. The fraction of sp³-hybridized carbons (Fsp3) is 0.381. The minimum atomic E-state index is -0.923. The van der Waals surface area contributed by atoms with Gasteiger partial charge in [-0.1, -0.05) is 108 Å². The monoisotopic (exact) mass is 776 g/mol. The van der Waals surface area contributed by atoms with Crippen LogP contribution in [0.25, 0.3) is 0 Å². The Bertz CT molecular complexity index is 1560. The second-order valence-corrected chi connectivity index (χ2v) is 14.3. The number of hydrogen-bond acceptors (Lipinski definition) is 8. The Morgan fingerprint density at radius 2 is 0.815 bits per heavy atom. The van der Waals surface area contributed by atoms with E-state index >= 15 is 0 Å². The van der Waals surface area contributed by atoms with Crippen molar-refractivity contribution < 1.29 is 29.3 Å². The Morgan fingerprint density at radius 3 is 1.13 bits per heavy atom. The van der Waals surface area contributed by atoms with Gasteiger partial charge in [-0.05, 0) is 46.5 Å². The molecule has 4 aromatic rings. The highest BCUT2D eigenvalue weighted by atomic mass is 35.5. The maximum Gasteiger partial charge on any atom is 0.329 e. The van der Waals surface area contributed by atoms with Crippen LogP contribution in [0.3, 0.4) is 0 Å². The zero-order chi connectivity index (χ0) is 38.1. The van der Waals surface area contributed by atoms with Crippen LogP contribution in [0.15, 0.2) is 109 Å². The number of rotatable bonds is 16. The lowest BCUT2D eigenvalue weighted by molar-refractivity contribution is -0.143. The van der Waals surface area contributed by atoms with Crippen molar-refractivity contribution in [2.45, 2.75) is 12.1 Å². The maximum absolute atomic E-state index is 10.5. The lowest BCUT2D eigenvalue weighted by atomic mass is 9.96. The first-order chi connectivity index (χ1) is 26.3. The first-order valence-corrected chi connectivity index (χ1v) is 19.1. The van der Waals surface area contributed by atoms with Crippen molar-refractivity contribution in [1.82, 2.24) is 19.6 Å². The molecule has 1 unspecified atom stereocenters. The van der Waals surface area contributed by atoms with Gasteiger partial charge in [-0.2, -0.15) is 0 Å². The fourth-order valence-corrected chi connectivity index (χ4v) is 7.24. The third-order valence-electron chi connectivity index (χ3n) is 9.70. The van der Waals surface area contributed by atoms with E-state index in [0.29, 0.717) is 13.2 Å². The Morgan fingerprint density at radius 1 is 0.500 bits per heavy atom. The van der Waals surface area contributed by atoms with E-state index in [1.54, 1.807) is 0 Å². The molecule has 0 spiro atoms. The molecule has 10 nitrogen and oxygen atoms in total. The first kappa shape index (κ1) is 41.3. The smallest absolute Gasteiger partial charge is 0.329 e. The van der Waals surface area contributed by atoms with E-state index in [-0.39, 0.29) is 25.3 Å². The van der Waals surface area contributed by atoms with Crippen molar-refractivity contribution in [3.05, 3.63) is 141 Å². The largest absolute Gasteiger partial charge is 0.480 e. The predicted molar refractivity (Wildman–Crippen MR) is 212 cm³/mol. The molecule has 0 radical (unpaired) electrons. The third kappa shape index (κ3) is 13.2. The molecule has 2 atom stereocenters. The molecule has 288 valence electrons. The number of ether oxygens (including phenoxy) is 2. The van der Waals surface area contributed by atoms with Crippen LogP contribution in [0, 0.1) is 0 Å². The minimum Gasteiger partial charge on any atom is -0.480 e. The average molecular weight is 778 g/mol. The van der Waals surface area contributed by atoms with Gasteiger partial charge in [0.2, 0.25) is 0 Å². The molecule has 2 saturated heterocycles. The SMILES string of the molecule is O=C(O)COCCN1CCN(C(c2ccccc2)c2ccc(Cl)cc2)CC1.O=C(O)COCCN1CCN([C@H](c2ccccc2)c2ccc(Cl)cc2)CC1. The van der Waals surface area contributed by atoms with Crippen molar-refractivity contribution in [2.24, 2.45) is 0 Å². The molecular weight excluding hydrogens is 727 g/mol.